The van der Waals surface area contributed by atoms with Gasteiger partial charge in [-0.25, -0.2) is 23.5 Å². The van der Waals surface area contributed by atoms with Gasteiger partial charge in [-0.2, -0.15) is 5.10 Å². The van der Waals surface area contributed by atoms with Gasteiger partial charge in [0, 0.05) is 17.3 Å². The number of hydrogen-bond acceptors (Lipinski definition) is 4. The summed E-state index contributed by atoms with van der Waals surface area (Å²) in [5.74, 6) is -0.153. The maximum Gasteiger partial charge on any atom is 0.340 e. The van der Waals surface area contributed by atoms with Crippen molar-refractivity contribution in [3.8, 4) is 22.9 Å². The molecule has 0 unspecified atom stereocenters. The van der Waals surface area contributed by atoms with Gasteiger partial charge >= 0.3 is 11.7 Å². The molecule has 8 nitrogen and oxygen atoms in total. The minimum Gasteiger partial charge on any atom is -0.453 e. The van der Waals surface area contributed by atoms with E-state index in [2.05, 4.69) is 20.5 Å². The molecule has 2 amide bonds. The molecule has 2 heterocycles. The summed E-state index contributed by atoms with van der Waals surface area (Å²) in [6, 6.07) is 9.16. The SMILES string of the molecule is O=C1NC2(CCCCC2)c2c(Oc3c(F)cccc3-c3n[nH]c(=O)[nH]3)cccc2N1Cl. The van der Waals surface area contributed by atoms with E-state index >= 15 is 0 Å². The fourth-order valence-corrected chi connectivity index (χ4v) is 4.69. The average Bonchev–Trinajstić information content (AvgIpc) is 3.20. The van der Waals surface area contributed by atoms with Crippen molar-refractivity contribution in [2.24, 2.45) is 0 Å². The van der Waals surface area contributed by atoms with E-state index < -0.39 is 23.1 Å². The van der Waals surface area contributed by atoms with Gasteiger partial charge in [-0.3, -0.25) is 4.98 Å². The number of nitrogens with zero attached hydrogens (tertiary/aromatic N) is 2. The smallest absolute Gasteiger partial charge is 0.340 e. The van der Waals surface area contributed by atoms with Crippen LogP contribution in [-0.4, -0.2) is 21.2 Å². The second-order valence-corrected chi connectivity index (χ2v) is 8.09. The molecule has 0 bridgehead atoms. The largest absolute Gasteiger partial charge is 0.453 e. The first-order valence-electron chi connectivity index (χ1n) is 10.0. The molecular weight excluding hydrogens is 425 g/mol. The van der Waals surface area contributed by atoms with Crippen molar-refractivity contribution in [3.63, 3.8) is 0 Å². The Morgan fingerprint density at radius 3 is 2.61 bits per heavy atom. The summed E-state index contributed by atoms with van der Waals surface area (Å²) in [5.41, 5.74) is 0.365. The van der Waals surface area contributed by atoms with Gasteiger partial charge in [0.2, 0.25) is 0 Å². The molecule has 1 saturated carbocycles. The number of hydrogen-bond donors (Lipinski definition) is 3. The average molecular weight is 444 g/mol. The predicted molar refractivity (Wildman–Crippen MR) is 113 cm³/mol. The molecule has 1 aromatic heterocycles. The fourth-order valence-electron chi connectivity index (χ4n) is 4.51. The topological polar surface area (TPSA) is 103 Å². The number of halogens is 2. The first kappa shape index (κ1) is 19.6. The molecule has 1 aliphatic heterocycles. The third-order valence-electron chi connectivity index (χ3n) is 5.86. The number of carbonyl (C=O) groups is 1. The Balaban J connectivity index is 1.66. The second-order valence-electron chi connectivity index (χ2n) is 7.75. The van der Waals surface area contributed by atoms with E-state index in [1.807, 2.05) is 0 Å². The number of ether oxygens (including phenoxy) is 1. The Bertz CT molecular complexity index is 1220. The summed E-state index contributed by atoms with van der Waals surface area (Å²) in [6.07, 6.45) is 4.41. The van der Waals surface area contributed by atoms with Crippen molar-refractivity contribution in [1.82, 2.24) is 20.5 Å². The van der Waals surface area contributed by atoms with Gasteiger partial charge in [-0.15, -0.1) is 0 Å². The lowest BCUT2D eigenvalue weighted by Crippen LogP contribution is -2.54. The number of aromatic nitrogens is 3. The summed E-state index contributed by atoms with van der Waals surface area (Å²) in [5, 5.41) is 9.21. The predicted octanol–water partition coefficient (Wildman–Crippen LogP) is 4.54. The highest BCUT2D eigenvalue weighted by atomic mass is 35.5. The number of anilines is 1. The molecule has 1 aliphatic carbocycles. The third kappa shape index (κ3) is 3.25. The summed E-state index contributed by atoms with van der Waals surface area (Å²) in [6.45, 7) is 0. The zero-order valence-electron chi connectivity index (χ0n) is 16.4. The molecule has 0 saturated heterocycles. The van der Waals surface area contributed by atoms with Crippen molar-refractivity contribution in [2.45, 2.75) is 37.6 Å². The maximum atomic E-state index is 14.9. The highest BCUT2D eigenvalue weighted by molar-refractivity contribution is 6.37. The van der Waals surface area contributed by atoms with Crippen molar-refractivity contribution < 1.29 is 13.9 Å². The summed E-state index contributed by atoms with van der Waals surface area (Å²) >= 11 is 6.27. The van der Waals surface area contributed by atoms with Crippen LogP contribution in [0.3, 0.4) is 0 Å². The van der Waals surface area contributed by atoms with E-state index in [9.17, 15) is 14.0 Å². The number of rotatable bonds is 3. The van der Waals surface area contributed by atoms with Crippen LogP contribution in [0.15, 0.2) is 41.2 Å². The Hall–Kier alpha value is -3.33. The Kier molecular flexibility index (Phi) is 4.70. The molecule has 2 aliphatic rings. The fraction of sp³-hybridized carbons (Fsp3) is 0.286. The second kappa shape index (κ2) is 7.42. The number of amides is 2. The van der Waals surface area contributed by atoms with Gasteiger partial charge in [0.15, 0.2) is 17.4 Å². The van der Waals surface area contributed by atoms with E-state index in [0.717, 1.165) is 36.5 Å². The van der Waals surface area contributed by atoms with Crippen molar-refractivity contribution in [3.05, 3.63) is 58.3 Å². The third-order valence-corrected chi connectivity index (χ3v) is 6.20. The Labute approximate surface area is 181 Å². The van der Waals surface area contributed by atoms with E-state index in [-0.39, 0.29) is 17.1 Å². The molecule has 10 heteroatoms. The lowest BCUT2D eigenvalue weighted by molar-refractivity contribution is 0.203. The van der Waals surface area contributed by atoms with Gasteiger partial charge in [-0.1, -0.05) is 31.4 Å². The summed E-state index contributed by atoms with van der Waals surface area (Å²) in [4.78, 5) is 26.6. The number of urea groups is 1. The van der Waals surface area contributed by atoms with Gasteiger partial charge in [-0.05, 0) is 37.1 Å². The monoisotopic (exact) mass is 443 g/mol. The zero-order valence-corrected chi connectivity index (χ0v) is 17.1. The number of nitrogens with one attached hydrogen (secondary N) is 3. The summed E-state index contributed by atoms with van der Waals surface area (Å²) in [7, 11) is 0. The lowest BCUT2D eigenvalue weighted by atomic mass is 9.74. The van der Waals surface area contributed by atoms with Crippen molar-refractivity contribution in [1.29, 1.82) is 0 Å². The standard InChI is InChI=1S/C21H19ClFN5O3/c22-28-14-8-5-9-15(16(14)21(25-20(28)30)10-2-1-3-11-21)31-17-12(6-4-7-13(17)23)18-24-19(29)27-26-18/h4-9H,1-3,10-11H2,(H,25,30)(H2,24,26,27,29). The molecule has 1 fully saturated rings. The molecule has 0 atom stereocenters. The van der Waals surface area contributed by atoms with Crippen LogP contribution >= 0.6 is 11.8 Å². The van der Waals surface area contributed by atoms with Crippen LogP contribution < -0.4 is 20.2 Å². The zero-order chi connectivity index (χ0) is 21.6. The highest BCUT2D eigenvalue weighted by Crippen LogP contribution is 2.50. The van der Waals surface area contributed by atoms with Crippen LogP contribution in [0.4, 0.5) is 14.9 Å². The van der Waals surface area contributed by atoms with Gasteiger partial charge < -0.3 is 10.1 Å². The molecule has 3 aromatic rings. The van der Waals surface area contributed by atoms with E-state index in [4.69, 9.17) is 16.5 Å². The molecule has 3 N–H and O–H groups in total. The highest BCUT2D eigenvalue weighted by Gasteiger charge is 2.45. The first-order valence-corrected chi connectivity index (χ1v) is 10.4. The van der Waals surface area contributed by atoms with Gasteiger partial charge in [0.25, 0.3) is 0 Å². The van der Waals surface area contributed by atoms with Crippen molar-refractivity contribution >= 4 is 23.5 Å². The van der Waals surface area contributed by atoms with E-state index in [1.54, 1.807) is 24.3 Å². The quantitative estimate of drug-likeness (QED) is 0.517. The van der Waals surface area contributed by atoms with Crippen LogP contribution in [0.2, 0.25) is 0 Å². The van der Waals surface area contributed by atoms with Crippen LogP contribution in [0.25, 0.3) is 11.4 Å². The molecule has 2 aromatic carbocycles. The summed E-state index contributed by atoms with van der Waals surface area (Å²) < 4.78 is 22.0. The molecular formula is C21H19ClFN5O3. The van der Waals surface area contributed by atoms with Crippen molar-refractivity contribution in [2.75, 3.05) is 4.42 Å². The number of fused-ring (bicyclic) bond motifs is 2. The van der Waals surface area contributed by atoms with Crippen LogP contribution in [-0.2, 0) is 5.54 Å². The molecule has 31 heavy (non-hydrogen) atoms. The Morgan fingerprint density at radius 1 is 1.10 bits per heavy atom. The van der Waals surface area contributed by atoms with E-state index in [0.29, 0.717) is 17.0 Å². The number of aromatic amines is 2. The molecule has 1 spiro atoms. The number of benzene rings is 2. The number of para-hydroxylation sites is 1. The lowest BCUT2D eigenvalue weighted by Gasteiger charge is -2.44. The van der Waals surface area contributed by atoms with Gasteiger partial charge in [0.05, 0.1) is 16.8 Å². The number of H-pyrrole nitrogens is 2. The van der Waals surface area contributed by atoms with Crippen LogP contribution in [0.1, 0.15) is 37.7 Å². The Morgan fingerprint density at radius 2 is 1.87 bits per heavy atom. The van der Waals surface area contributed by atoms with Crippen LogP contribution in [0, 0.1) is 5.82 Å². The molecule has 5 rings (SSSR count). The van der Waals surface area contributed by atoms with Gasteiger partial charge in [0.1, 0.15) is 5.75 Å². The van der Waals surface area contributed by atoms with E-state index in [1.165, 1.54) is 12.1 Å². The minimum absolute atomic E-state index is 0.0809. The van der Waals surface area contributed by atoms with Crippen LogP contribution in [0.5, 0.6) is 11.5 Å². The molecule has 160 valence electrons. The normalized spacial score (nSPS) is 17.4. The first-order chi connectivity index (χ1) is 15.0. The maximum absolute atomic E-state index is 14.9. The molecule has 0 radical (unpaired) electrons. The number of carbonyl (C=O) groups excluding carboxylic acids is 1. The minimum atomic E-state index is -0.640.